The van der Waals surface area contributed by atoms with Crippen molar-refractivity contribution in [3.05, 3.63) is 124 Å². The van der Waals surface area contributed by atoms with Gasteiger partial charge in [0.2, 0.25) is 0 Å². The van der Waals surface area contributed by atoms with Crippen molar-refractivity contribution in [3.8, 4) is 0 Å². The zero-order valence-electron chi connectivity index (χ0n) is 21.5. The lowest BCUT2D eigenvalue weighted by atomic mass is 10.0. The Labute approximate surface area is 237 Å². The average Bonchev–Trinajstić information content (AvgIpc) is 2.94. The van der Waals surface area contributed by atoms with Crippen LogP contribution in [0.15, 0.2) is 89.8 Å². The first-order valence-corrected chi connectivity index (χ1v) is 13.5. The second-order valence-corrected chi connectivity index (χ2v) is 10.9. The summed E-state index contributed by atoms with van der Waals surface area (Å²) in [6, 6.07) is 17.0. The van der Waals surface area contributed by atoms with Crippen LogP contribution in [0.3, 0.4) is 0 Å². The molecule has 0 unspecified atom stereocenters. The number of hydrogen-bond donors (Lipinski definition) is 0. The molecule has 0 amide bonds. The summed E-state index contributed by atoms with van der Waals surface area (Å²) < 4.78 is 106. The van der Waals surface area contributed by atoms with Crippen LogP contribution in [-0.2, 0) is 28.9 Å². The van der Waals surface area contributed by atoms with E-state index in [0.717, 1.165) is 28.6 Å². The maximum absolute atomic E-state index is 13.6. The van der Waals surface area contributed by atoms with Crippen molar-refractivity contribution in [3.63, 3.8) is 0 Å². The minimum absolute atomic E-state index is 0.0689. The van der Waals surface area contributed by atoms with Gasteiger partial charge in [-0.2, -0.15) is 30.6 Å². The maximum atomic E-state index is 13.6. The van der Waals surface area contributed by atoms with Crippen LogP contribution in [0.4, 0.5) is 37.7 Å². The summed E-state index contributed by atoms with van der Waals surface area (Å²) in [4.78, 5) is 7.83. The summed E-state index contributed by atoms with van der Waals surface area (Å²) in [5.41, 5.74) is -0.769. The Kier molecular flexibility index (Phi) is 8.36. The molecule has 13 heteroatoms. The number of anilines is 2. The zero-order chi connectivity index (χ0) is 30.7. The number of alkyl halides is 6. The van der Waals surface area contributed by atoms with E-state index in [-0.39, 0.29) is 18.9 Å². The van der Waals surface area contributed by atoms with Gasteiger partial charge < -0.3 is 4.90 Å². The van der Waals surface area contributed by atoms with Crippen molar-refractivity contribution in [2.45, 2.75) is 23.8 Å². The molecule has 42 heavy (non-hydrogen) atoms. The first kappa shape index (κ1) is 30.2. The lowest BCUT2D eigenvalue weighted by molar-refractivity contribution is -0.138. The summed E-state index contributed by atoms with van der Waals surface area (Å²) in [7, 11) is -4.48. The van der Waals surface area contributed by atoms with Gasteiger partial charge in [0.15, 0.2) is 0 Å². The number of fused-ring (bicyclic) bond motifs is 1. The number of halogens is 6. The van der Waals surface area contributed by atoms with Crippen molar-refractivity contribution in [2.75, 3.05) is 22.5 Å². The summed E-state index contributed by atoms with van der Waals surface area (Å²) in [5, 5.41) is 0.861. The molecule has 0 aliphatic rings. The van der Waals surface area contributed by atoms with Crippen molar-refractivity contribution < 1.29 is 34.8 Å². The Balaban J connectivity index is 1.78. The summed E-state index contributed by atoms with van der Waals surface area (Å²) in [6.45, 7) is 14.0. The summed E-state index contributed by atoms with van der Waals surface area (Å²) in [5.74, 6) is 0. The van der Waals surface area contributed by atoms with Crippen molar-refractivity contribution >= 4 is 32.2 Å². The quantitative estimate of drug-likeness (QED) is 0.153. The predicted octanol–water partition coefficient (Wildman–Crippen LogP) is 7.83. The fourth-order valence-electron chi connectivity index (χ4n) is 4.37. The molecule has 0 bridgehead atoms. The molecule has 0 fully saturated rings. The fraction of sp³-hybridized carbons (Fsp3) is 0.172. The van der Waals surface area contributed by atoms with Gasteiger partial charge in [0, 0.05) is 17.3 Å². The minimum atomic E-state index is -4.66. The van der Waals surface area contributed by atoms with Gasteiger partial charge in [-0.3, -0.25) is 9.69 Å². The SMILES string of the molecule is [C-]#[N+]CN(Cc1ccc(C(F)(F)F)cc1)c1ccc(N(C[N+]#[C-])S(=O)(=O)c2ccc(C(F)(F)F)cc2)c2ccccc12. The van der Waals surface area contributed by atoms with E-state index in [1.165, 1.54) is 24.3 Å². The van der Waals surface area contributed by atoms with Crippen LogP contribution in [0.2, 0.25) is 0 Å². The second-order valence-electron chi connectivity index (χ2n) is 9.02. The van der Waals surface area contributed by atoms with Crippen molar-refractivity contribution in [1.82, 2.24) is 0 Å². The molecule has 0 atom stereocenters. The van der Waals surface area contributed by atoms with Gasteiger partial charge in [0.25, 0.3) is 16.7 Å². The molecule has 216 valence electrons. The molecular weight excluding hydrogens is 582 g/mol. The van der Waals surface area contributed by atoms with Crippen LogP contribution in [0.5, 0.6) is 0 Å². The highest BCUT2D eigenvalue weighted by Crippen LogP contribution is 2.38. The van der Waals surface area contributed by atoms with Crippen molar-refractivity contribution in [1.29, 1.82) is 0 Å². The van der Waals surface area contributed by atoms with Gasteiger partial charge in [-0.05, 0) is 54.1 Å². The molecule has 0 aromatic heterocycles. The lowest BCUT2D eigenvalue weighted by Crippen LogP contribution is -2.31. The minimum Gasteiger partial charge on any atom is -0.301 e. The van der Waals surface area contributed by atoms with Gasteiger partial charge in [-0.15, -0.1) is 0 Å². The predicted molar refractivity (Wildman–Crippen MR) is 146 cm³/mol. The van der Waals surface area contributed by atoms with E-state index in [0.29, 0.717) is 34.2 Å². The highest BCUT2D eigenvalue weighted by molar-refractivity contribution is 7.92. The van der Waals surface area contributed by atoms with Gasteiger partial charge in [0.05, 0.1) is 27.4 Å². The van der Waals surface area contributed by atoms with Crippen LogP contribution in [0, 0.1) is 13.1 Å². The van der Waals surface area contributed by atoms with Crippen LogP contribution in [-0.4, -0.2) is 21.8 Å². The third kappa shape index (κ3) is 6.26. The van der Waals surface area contributed by atoms with E-state index in [2.05, 4.69) is 9.69 Å². The lowest BCUT2D eigenvalue weighted by Gasteiger charge is -2.25. The molecule has 0 spiro atoms. The van der Waals surface area contributed by atoms with Crippen LogP contribution in [0.25, 0.3) is 20.5 Å². The first-order valence-electron chi connectivity index (χ1n) is 12.1. The topological polar surface area (TPSA) is 49.3 Å². The maximum Gasteiger partial charge on any atom is 0.416 e. The molecule has 0 aliphatic heterocycles. The Morgan fingerprint density at radius 1 is 0.643 bits per heavy atom. The molecule has 0 heterocycles. The number of hydrogen-bond acceptors (Lipinski definition) is 3. The highest BCUT2D eigenvalue weighted by Gasteiger charge is 2.33. The number of rotatable bonds is 8. The zero-order valence-corrected chi connectivity index (χ0v) is 22.3. The largest absolute Gasteiger partial charge is 0.416 e. The molecule has 4 rings (SSSR count). The second kappa shape index (κ2) is 11.6. The monoisotopic (exact) mass is 602 g/mol. The van der Waals surface area contributed by atoms with E-state index in [4.69, 9.17) is 13.1 Å². The van der Waals surface area contributed by atoms with E-state index < -0.39 is 45.1 Å². The molecule has 0 saturated carbocycles. The van der Waals surface area contributed by atoms with E-state index in [1.807, 2.05) is 0 Å². The summed E-state index contributed by atoms with van der Waals surface area (Å²) in [6.07, 6.45) is -9.17. The number of sulfonamides is 1. The normalized spacial score (nSPS) is 12.0. The van der Waals surface area contributed by atoms with Crippen LogP contribution < -0.4 is 9.21 Å². The van der Waals surface area contributed by atoms with E-state index in [1.54, 1.807) is 29.2 Å². The van der Waals surface area contributed by atoms with Gasteiger partial charge >= 0.3 is 19.0 Å². The third-order valence-electron chi connectivity index (χ3n) is 6.35. The third-order valence-corrected chi connectivity index (χ3v) is 8.11. The van der Waals surface area contributed by atoms with Gasteiger partial charge in [-0.1, -0.05) is 36.4 Å². The van der Waals surface area contributed by atoms with Crippen LogP contribution >= 0.6 is 0 Å². The molecular formula is C29H20F6N4O2S. The average molecular weight is 603 g/mol. The van der Waals surface area contributed by atoms with Crippen molar-refractivity contribution in [2.24, 2.45) is 0 Å². The molecule has 0 radical (unpaired) electrons. The Morgan fingerprint density at radius 3 is 1.62 bits per heavy atom. The molecule has 0 saturated heterocycles. The standard InChI is InChI=1S/C29H20F6N4O2S/c1-36-18-38(17-20-7-9-21(10-8-20)28(30,31)32)26-15-16-27(25-6-4-3-5-24(25)26)39(19-37-2)42(40,41)23-13-11-22(12-14-23)29(33,34)35/h3-16H,17-19H2. The molecule has 4 aromatic carbocycles. The Hall–Kier alpha value is -4.75. The number of nitrogens with zero attached hydrogens (tertiary/aromatic N) is 4. The molecule has 0 N–H and O–H groups in total. The molecule has 6 nitrogen and oxygen atoms in total. The molecule has 4 aromatic rings. The Bertz CT molecular complexity index is 1770. The van der Waals surface area contributed by atoms with E-state index >= 15 is 0 Å². The van der Waals surface area contributed by atoms with Crippen LogP contribution in [0.1, 0.15) is 16.7 Å². The molecule has 0 aliphatic carbocycles. The van der Waals surface area contributed by atoms with Gasteiger partial charge in [0.1, 0.15) is 0 Å². The highest BCUT2D eigenvalue weighted by atomic mass is 32.2. The smallest absolute Gasteiger partial charge is 0.301 e. The van der Waals surface area contributed by atoms with Gasteiger partial charge in [-0.25, -0.2) is 21.6 Å². The van der Waals surface area contributed by atoms with E-state index in [9.17, 15) is 34.8 Å². The fourth-order valence-corrected chi connectivity index (χ4v) is 5.73. The first-order chi connectivity index (χ1) is 19.8. The number of benzene rings is 4. The summed E-state index contributed by atoms with van der Waals surface area (Å²) >= 11 is 0. The Morgan fingerprint density at radius 2 is 1.12 bits per heavy atom.